The van der Waals surface area contributed by atoms with Gasteiger partial charge in [-0.25, -0.2) is 0 Å². The largest absolute Gasteiger partial charge is 0.115 e. The van der Waals surface area contributed by atoms with Crippen LogP contribution < -0.4 is 0 Å². The molecule has 1 saturated carbocycles. The van der Waals surface area contributed by atoms with Crippen molar-refractivity contribution in [2.24, 2.45) is 23.2 Å². The third kappa shape index (κ3) is 8.94. The Morgan fingerprint density at radius 1 is 0.878 bits per heavy atom. The summed E-state index contributed by atoms with van der Waals surface area (Å²) in [7, 11) is 0. The predicted molar refractivity (Wildman–Crippen MR) is 211 cm³/mol. The van der Waals surface area contributed by atoms with Gasteiger partial charge in [-0.05, 0) is 127 Å². The smallest absolute Gasteiger partial charge is 0.0274 e. The van der Waals surface area contributed by atoms with Crippen molar-refractivity contribution in [1.29, 1.82) is 0 Å². The standard InChI is InChI=1S/C49H56/c1-7-41-22-19-40(33-46(41)25-18-39-20-30-47(34-39)49(4,5)6)32-38-16-23-43(24-17-38)48(36(3)14-15-37-11-9-8-10-12-37)44-28-26-42(27-29-44)45-21-13-35(2)31-45/h1,8-13,19-22,26-31,33,35,38,43,48H,3,14-18,23-25,32,34H2,2,4-6H3. The Labute approximate surface area is 297 Å². The molecule has 3 aliphatic carbocycles. The van der Waals surface area contributed by atoms with Gasteiger partial charge in [-0.3, -0.25) is 0 Å². The first-order chi connectivity index (χ1) is 23.7. The molecule has 3 aromatic carbocycles. The van der Waals surface area contributed by atoms with Gasteiger partial charge in [-0.2, -0.15) is 0 Å². The minimum Gasteiger partial charge on any atom is -0.115 e. The molecule has 252 valence electrons. The fourth-order valence-electron chi connectivity index (χ4n) is 8.42. The van der Waals surface area contributed by atoms with E-state index in [0.717, 1.165) is 50.0 Å². The monoisotopic (exact) mass is 644 g/mol. The summed E-state index contributed by atoms with van der Waals surface area (Å²) >= 11 is 0. The van der Waals surface area contributed by atoms with Crippen LogP contribution in [0.3, 0.4) is 0 Å². The number of benzene rings is 3. The molecule has 6 rings (SSSR count). The van der Waals surface area contributed by atoms with Crippen molar-refractivity contribution < 1.29 is 0 Å². The lowest BCUT2D eigenvalue weighted by Crippen LogP contribution is -2.23. The van der Waals surface area contributed by atoms with Gasteiger partial charge in [0.1, 0.15) is 0 Å². The van der Waals surface area contributed by atoms with E-state index in [9.17, 15) is 0 Å². The van der Waals surface area contributed by atoms with Gasteiger partial charge < -0.3 is 0 Å². The molecule has 1 fully saturated rings. The van der Waals surface area contributed by atoms with Crippen molar-refractivity contribution in [2.45, 2.75) is 97.8 Å². The van der Waals surface area contributed by atoms with Crippen molar-refractivity contribution in [3.05, 3.63) is 160 Å². The van der Waals surface area contributed by atoms with E-state index in [4.69, 9.17) is 13.0 Å². The molecule has 0 nitrogen and oxygen atoms in total. The molecular weight excluding hydrogens is 589 g/mol. The normalized spacial score (nSPS) is 21.1. The second-order valence-corrected chi connectivity index (χ2v) is 16.1. The molecule has 0 aromatic heterocycles. The zero-order valence-electron chi connectivity index (χ0n) is 30.5. The molecule has 3 aromatic rings. The molecule has 49 heavy (non-hydrogen) atoms. The summed E-state index contributed by atoms with van der Waals surface area (Å²) in [4.78, 5) is 0. The summed E-state index contributed by atoms with van der Waals surface area (Å²) in [6, 6.07) is 27.3. The van der Waals surface area contributed by atoms with E-state index in [1.54, 1.807) is 0 Å². The summed E-state index contributed by atoms with van der Waals surface area (Å²) in [5.74, 6) is 5.26. The zero-order chi connectivity index (χ0) is 34.4. The van der Waals surface area contributed by atoms with E-state index in [1.807, 2.05) is 0 Å². The Balaban J connectivity index is 1.10. The van der Waals surface area contributed by atoms with Crippen LogP contribution >= 0.6 is 0 Å². The van der Waals surface area contributed by atoms with Gasteiger partial charge in [-0.1, -0.05) is 154 Å². The molecule has 0 N–H and O–H groups in total. The van der Waals surface area contributed by atoms with Crippen LogP contribution in [-0.2, 0) is 19.3 Å². The summed E-state index contributed by atoms with van der Waals surface area (Å²) in [6.07, 6.45) is 29.1. The number of terminal acetylenes is 1. The van der Waals surface area contributed by atoms with Crippen LogP contribution in [0.4, 0.5) is 0 Å². The highest BCUT2D eigenvalue weighted by molar-refractivity contribution is 5.76. The predicted octanol–water partition coefficient (Wildman–Crippen LogP) is 12.8. The number of hydrogen-bond acceptors (Lipinski definition) is 0. The van der Waals surface area contributed by atoms with Crippen LogP contribution in [-0.4, -0.2) is 0 Å². The minimum atomic E-state index is 0.241. The molecular formula is C49H56. The highest BCUT2D eigenvalue weighted by atomic mass is 14.4. The average molecular weight is 645 g/mol. The van der Waals surface area contributed by atoms with Gasteiger partial charge in [-0.15, -0.1) is 6.42 Å². The lowest BCUT2D eigenvalue weighted by molar-refractivity contribution is 0.252. The number of allylic oxidation sites excluding steroid dienone is 9. The summed E-state index contributed by atoms with van der Waals surface area (Å²) < 4.78 is 0. The second kappa shape index (κ2) is 15.6. The molecule has 0 spiro atoms. The van der Waals surface area contributed by atoms with Crippen LogP contribution in [0.5, 0.6) is 0 Å². The Bertz CT molecular complexity index is 1770. The van der Waals surface area contributed by atoms with Gasteiger partial charge in [0.05, 0.1) is 0 Å². The lowest BCUT2D eigenvalue weighted by atomic mass is 9.69. The van der Waals surface area contributed by atoms with E-state index in [0.29, 0.717) is 17.8 Å². The average Bonchev–Trinajstić information content (AvgIpc) is 3.78. The number of aryl methyl sites for hydroxylation is 2. The Morgan fingerprint density at radius 3 is 2.29 bits per heavy atom. The van der Waals surface area contributed by atoms with Gasteiger partial charge in [0.2, 0.25) is 0 Å². The highest BCUT2D eigenvalue weighted by Gasteiger charge is 2.30. The second-order valence-electron chi connectivity index (χ2n) is 16.1. The molecule has 0 amide bonds. The molecule has 0 saturated heterocycles. The molecule has 0 heteroatoms. The Kier molecular flexibility index (Phi) is 11.1. The summed E-state index contributed by atoms with van der Waals surface area (Å²) in [6.45, 7) is 14.0. The SMILES string of the molecule is C#Cc1ccc(CC2CCC(C(C(=C)CCc3ccccc3)c3ccc(C4=CC(C)C=C4)cc3)CC2)cc1CCC1=CC=C(C(C)(C)C)C1. The van der Waals surface area contributed by atoms with Crippen LogP contribution in [0, 0.1) is 35.5 Å². The van der Waals surface area contributed by atoms with E-state index < -0.39 is 0 Å². The topological polar surface area (TPSA) is 0 Å². The summed E-state index contributed by atoms with van der Waals surface area (Å²) in [5, 5.41) is 0. The first-order valence-corrected chi connectivity index (χ1v) is 18.9. The molecule has 3 aliphatic rings. The first-order valence-electron chi connectivity index (χ1n) is 18.9. The van der Waals surface area contributed by atoms with Crippen molar-refractivity contribution >= 4 is 5.57 Å². The lowest BCUT2D eigenvalue weighted by Gasteiger charge is -2.36. The summed E-state index contributed by atoms with van der Waals surface area (Å²) in [5.41, 5.74) is 14.1. The minimum absolute atomic E-state index is 0.241. The van der Waals surface area contributed by atoms with Crippen molar-refractivity contribution in [2.75, 3.05) is 0 Å². The van der Waals surface area contributed by atoms with Crippen LogP contribution in [0.1, 0.15) is 112 Å². The number of hydrogen-bond donors (Lipinski definition) is 0. The van der Waals surface area contributed by atoms with Gasteiger partial charge >= 0.3 is 0 Å². The van der Waals surface area contributed by atoms with Crippen molar-refractivity contribution in [3.8, 4) is 12.3 Å². The van der Waals surface area contributed by atoms with Crippen LogP contribution in [0.25, 0.3) is 5.57 Å². The quantitative estimate of drug-likeness (QED) is 0.136. The van der Waals surface area contributed by atoms with Crippen molar-refractivity contribution in [1.82, 2.24) is 0 Å². The Morgan fingerprint density at radius 2 is 1.63 bits per heavy atom. The molecule has 0 heterocycles. The van der Waals surface area contributed by atoms with Crippen LogP contribution in [0.2, 0.25) is 0 Å². The third-order valence-corrected chi connectivity index (χ3v) is 11.5. The Hall–Kier alpha value is -4.08. The van der Waals surface area contributed by atoms with E-state index >= 15 is 0 Å². The maximum absolute atomic E-state index is 5.98. The molecule has 2 unspecified atom stereocenters. The van der Waals surface area contributed by atoms with Crippen molar-refractivity contribution in [3.63, 3.8) is 0 Å². The maximum atomic E-state index is 5.98. The molecule has 2 atom stereocenters. The first kappa shape index (κ1) is 34.8. The zero-order valence-corrected chi connectivity index (χ0v) is 30.5. The molecule has 0 aliphatic heterocycles. The van der Waals surface area contributed by atoms with E-state index in [-0.39, 0.29) is 5.41 Å². The fourth-order valence-corrected chi connectivity index (χ4v) is 8.42. The van der Waals surface area contributed by atoms with E-state index in [1.165, 1.54) is 75.8 Å². The van der Waals surface area contributed by atoms with Gasteiger partial charge in [0.15, 0.2) is 0 Å². The highest BCUT2D eigenvalue weighted by Crippen LogP contribution is 2.44. The van der Waals surface area contributed by atoms with Gasteiger partial charge in [0.25, 0.3) is 0 Å². The van der Waals surface area contributed by atoms with E-state index in [2.05, 4.69) is 137 Å². The van der Waals surface area contributed by atoms with Gasteiger partial charge in [0, 0.05) is 11.5 Å². The molecule has 0 bridgehead atoms. The molecule has 0 radical (unpaired) electrons. The fraction of sp³-hybridized carbons (Fsp3) is 0.388. The maximum Gasteiger partial charge on any atom is 0.0274 e. The number of rotatable bonds is 12. The third-order valence-electron chi connectivity index (χ3n) is 11.5. The van der Waals surface area contributed by atoms with Crippen LogP contribution in [0.15, 0.2) is 126 Å².